The molecule has 1 rings (SSSR count). The van der Waals surface area contributed by atoms with E-state index in [1.165, 1.54) is 21.5 Å². The van der Waals surface area contributed by atoms with E-state index in [0.717, 1.165) is 6.42 Å². The van der Waals surface area contributed by atoms with E-state index < -0.39 is 15.6 Å². The average Bonchev–Trinajstić information content (AvgIpc) is 2.66. The Kier molecular flexibility index (Phi) is 4.83. The standard InChI is InChI=1S/C10H16F3N2O3S/c1-3-5-6-15-8-7-14(4-2)9(15)18-19(16,17)10(11,12)13/h7-8H,3-6H2,1-2H3/q+1. The van der Waals surface area contributed by atoms with Gasteiger partial charge in [-0.15, -0.1) is 0 Å². The molecule has 0 unspecified atom stereocenters. The first-order chi connectivity index (χ1) is 8.73. The van der Waals surface area contributed by atoms with Crippen LogP contribution in [0.3, 0.4) is 0 Å². The third-order valence-corrected chi connectivity index (χ3v) is 3.41. The zero-order chi connectivity index (χ0) is 14.7. The van der Waals surface area contributed by atoms with Crippen LogP contribution >= 0.6 is 0 Å². The molecule has 0 aliphatic heterocycles. The van der Waals surface area contributed by atoms with Gasteiger partial charge in [-0.2, -0.15) is 30.7 Å². The van der Waals surface area contributed by atoms with Crippen molar-refractivity contribution in [2.45, 2.75) is 45.3 Å². The Hall–Kier alpha value is -1.25. The zero-order valence-corrected chi connectivity index (χ0v) is 11.5. The Morgan fingerprint density at radius 1 is 1.37 bits per heavy atom. The SMILES string of the molecule is CCCC[n+]1ccn(CC)c1OS(=O)(=O)C(F)(F)F. The van der Waals surface area contributed by atoms with Crippen LogP contribution in [0.2, 0.25) is 0 Å². The summed E-state index contributed by atoms with van der Waals surface area (Å²) in [6.07, 6.45) is 4.52. The molecule has 0 spiro atoms. The van der Waals surface area contributed by atoms with Crippen molar-refractivity contribution >= 4 is 10.1 Å². The first-order valence-corrected chi connectivity index (χ1v) is 7.23. The second-order valence-corrected chi connectivity index (χ2v) is 5.43. The summed E-state index contributed by atoms with van der Waals surface area (Å²) in [5.74, 6) is 0. The van der Waals surface area contributed by atoms with E-state index in [9.17, 15) is 21.6 Å². The van der Waals surface area contributed by atoms with Crippen LogP contribution in [0.5, 0.6) is 6.01 Å². The zero-order valence-electron chi connectivity index (χ0n) is 10.6. The first kappa shape index (κ1) is 15.8. The Balaban J connectivity index is 3.08. The smallest absolute Gasteiger partial charge is 0.302 e. The third kappa shape index (κ3) is 3.62. The number of unbranched alkanes of at least 4 members (excludes halogenated alkanes) is 1. The van der Waals surface area contributed by atoms with E-state index >= 15 is 0 Å². The third-order valence-electron chi connectivity index (χ3n) is 2.48. The lowest BCUT2D eigenvalue weighted by Gasteiger charge is -2.08. The molecule has 0 fully saturated rings. The average molecular weight is 301 g/mol. The second-order valence-electron chi connectivity index (χ2n) is 3.90. The molecule has 1 heterocycles. The fourth-order valence-corrected chi connectivity index (χ4v) is 1.92. The van der Waals surface area contributed by atoms with Gasteiger partial charge < -0.3 is 4.18 Å². The molecule has 0 aromatic carbocycles. The molecule has 9 heteroatoms. The van der Waals surface area contributed by atoms with Crippen molar-refractivity contribution in [3.8, 4) is 6.01 Å². The molecule has 0 aliphatic carbocycles. The maximum Gasteiger partial charge on any atom is 0.534 e. The van der Waals surface area contributed by atoms with Crippen LogP contribution in [0.4, 0.5) is 13.2 Å². The summed E-state index contributed by atoms with van der Waals surface area (Å²) >= 11 is 0. The van der Waals surface area contributed by atoms with E-state index in [0.29, 0.717) is 19.5 Å². The lowest BCUT2D eigenvalue weighted by atomic mass is 10.3. The Bertz CT molecular complexity index is 523. The lowest BCUT2D eigenvalue weighted by molar-refractivity contribution is -0.699. The number of rotatable bonds is 6. The van der Waals surface area contributed by atoms with Gasteiger partial charge in [0.15, 0.2) is 0 Å². The molecule has 5 nitrogen and oxygen atoms in total. The van der Waals surface area contributed by atoms with Crippen LogP contribution in [0, 0.1) is 0 Å². The van der Waals surface area contributed by atoms with Gasteiger partial charge in [0.25, 0.3) is 0 Å². The fraction of sp³-hybridized carbons (Fsp3) is 0.700. The minimum Gasteiger partial charge on any atom is -0.302 e. The lowest BCUT2D eigenvalue weighted by Crippen LogP contribution is -2.38. The second kappa shape index (κ2) is 5.81. The van der Waals surface area contributed by atoms with Gasteiger partial charge in [0.2, 0.25) is 0 Å². The van der Waals surface area contributed by atoms with E-state index in [1.807, 2.05) is 6.92 Å². The summed E-state index contributed by atoms with van der Waals surface area (Å²) in [5, 5.41) is 0. The number of aromatic nitrogens is 2. The van der Waals surface area contributed by atoms with Gasteiger partial charge in [0.05, 0.1) is 13.1 Å². The van der Waals surface area contributed by atoms with Gasteiger partial charge in [0, 0.05) is 0 Å². The van der Waals surface area contributed by atoms with Gasteiger partial charge in [0.1, 0.15) is 12.4 Å². The van der Waals surface area contributed by atoms with Crippen LogP contribution < -0.4 is 8.75 Å². The monoisotopic (exact) mass is 301 g/mol. The van der Waals surface area contributed by atoms with E-state index in [-0.39, 0.29) is 6.01 Å². The first-order valence-electron chi connectivity index (χ1n) is 5.82. The number of hydrogen-bond donors (Lipinski definition) is 0. The van der Waals surface area contributed by atoms with Crippen LogP contribution in [0.1, 0.15) is 26.7 Å². The van der Waals surface area contributed by atoms with Crippen LogP contribution in [0.25, 0.3) is 0 Å². The largest absolute Gasteiger partial charge is 0.534 e. The van der Waals surface area contributed by atoms with Crippen molar-refractivity contribution in [1.29, 1.82) is 0 Å². The van der Waals surface area contributed by atoms with Gasteiger partial charge in [-0.05, 0) is 13.3 Å². The summed E-state index contributed by atoms with van der Waals surface area (Å²) in [6, 6.07) is -0.326. The maximum atomic E-state index is 12.3. The molecule has 0 amide bonds. The van der Waals surface area contributed by atoms with Gasteiger partial charge >= 0.3 is 21.6 Å². The molecule has 0 bridgehead atoms. The van der Waals surface area contributed by atoms with Crippen molar-refractivity contribution in [2.75, 3.05) is 0 Å². The summed E-state index contributed by atoms with van der Waals surface area (Å²) in [5.41, 5.74) is -5.43. The van der Waals surface area contributed by atoms with Crippen molar-refractivity contribution in [3.05, 3.63) is 12.4 Å². The molecule has 0 atom stereocenters. The van der Waals surface area contributed by atoms with Crippen molar-refractivity contribution < 1.29 is 30.3 Å². The number of alkyl halides is 3. The van der Waals surface area contributed by atoms with Crippen LogP contribution in [0.15, 0.2) is 12.4 Å². The highest BCUT2D eigenvalue weighted by molar-refractivity contribution is 7.87. The van der Waals surface area contributed by atoms with E-state index in [1.54, 1.807) is 6.92 Å². The van der Waals surface area contributed by atoms with E-state index in [2.05, 4.69) is 4.18 Å². The molecule has 0 aliphatic rings. The van der Waals surface area contributed by atoms with E-state index in [4.69, 9.17) is 0 Å². The number of nitrogens with zero attached hydrogens (tertiary/aromatic N) is 2. The summed E-state index contributed by atoms with van der Waals surface area (Å²) < 4.78 is 65.9. The molecule has 0 N–H and O–H groups in total. The predicted molar refractivity (Wildman–Crippen MR) is 60.8 cm³/mol. The predicted octanol–water partition coefficient (Wildman–Crippen LogP) is 1.82. The van der Waals surface area contributed by atoms with Crippen LogP contribution in [-0.4, -0.2) is 18.5 Å². The van der Waals surface area contributed by atoms with Crippen molar-refractivity contribution in [3.63, 3.8) is 0 Å². The maximum absolute atomic E-state index is 12.3. The number of hydrogen-bond acceptors (Lipinski definition) is 3. The highest BCUT2D eigenvalue weighted by Crippen LogP contribution is 2.25. The molecule has 0 saturated carbocycles. The minimum atomic E-state index is -5.64. The van der Waals surface area contributed by atoms with Crippen molar-refractivity contribution in [2.24, 2.45) is 0 Å². The fourth-order valence-electron chi connectivity index (χ4n) is 1.43. The molecule has 19 heavy (non-hydrogen) atoms. The molecule has 0 saturated heterocycles. The topological polar surface area (TPSA) is 52.2 Å². The number of halogens is 3. The molecule has 1 aromatic heterocycles. The molecular formula is C10H16F3N2O3S+. The normalized spacial score (nSPS) is 12.7. The summed E-state index contributed by atoms with van der Waals surface area (Å²) in [7, 11) is -5.64. The highest BCUT2D eigenvalue weighted by atomic mass is 32.2. The molecular weight excluding hydrogens is 285 g/mol. The van der Waals surface area contributed by atoms with Gasteiger partial charge in [-0.1, -0.05) is 13.3 Å². The van der Waals surface area contributed by atoms with Gasteiger partial charge in [-0.3, -0.25) is 0 Å². The molecule has 1 aromatic rings. The Morgan fingerprint density at radius 3 is 2.47 bits per heavy atom. The highest BCUT2D eigenvalue weighted by Gasteiger charge is 2.50. The number of aryl methyl sites for hydroxylation is 2. The molecule has 110 valence electrons. The summed E-state index contributed by atoms with van der Waals surface area (Å²) in [6.45, 7) is 4.30. The van der Waals surface area contributed by atoms with Gasteiger partial charge in [-0.25, -0.2) is 0 Å². The number of imidazole rings is 1. The van der Waals surface area contributed by atoms with Crippen molar-refractivity contribution in [1.82, 2.24) is 4.57 Å². The van der Waals surface area contributed by atoms with Crippen LogP contribution in [-0.2, 0) is 23.2 Å². The summed E-state index contributed by atoms with van der Waals surface area (Å²) in [4.78, 5) is 0. The minimum absolute atomic E-state index is 0.307. The quantitative estimate of drug-likeness (QED) is 0.457. The Morgan fingerprint density at radius 2 is 2.00 bits per heavy atom. The molecule has 0 radical (unpaired) electrons. The Labute approximate surface area is 109 Å².